The molecule has 0 unspecified atom stereocenters. The third-order valence-corrected chi connectivity index (χ3v) is 14.7. The van der Waals surface area contributed by atoms with Gasteiger partial charge in [0.05, 0.1) is 10.6 Å². The number of nitrogens with zero attached hydrogens (tertiary/aromatic N) is 3. The normalized spacial score (nSPS) is 11.7. The Morgan fingerprint density at radius 3 is 1.08 bits per heavy atom. The molecule has 0 atom stereocenters. The number of unbranched alkanes of at least 4 members (excludes halogenated alkanes) is 38. The van der Waals surface area contributed by atoms with Crippen molar-refractivity contribution in [2.45, 2.75) is 271 Å². The minimum Gasteiger partial charge on any atom is -0.372 e. The van der Waals surface area contributed by atoms with E-state index in [0.717, 1.165) is 29.9 Å². The van der Waals surface area contributed by atoms with E-state index in [2.05, 4.69) is 60.1 Å². The highest BCUT2D eigenvalue weighted by molar-refractivity contribution is 5.72. The van der Waals surface area contributed by atoms with E-state index in [1.807, 2.05) is 18.3 Å². The SMILES string of the molecule is CCCCCCCCCCCCCCCCCCCCCCN(CCCCCCCCCCCCCCCCCCCCCC)c1ccc(C=Cc2ccc(C=Cc3ccc([N+](=O)[O-])c(F)c3)nc2)cc1. The van der Waals surface area contributed by atoms with Gasteiger partial charge in [0, 0.05) is 31.0 Å². The monoisotopic (exact) mass is 978 g/mol. The van der Waals surface area contributed by atoms with Gasteiger partial charge in [-0.15, -0.1) is 0 Å². The van der Waals surface area contributed by atoms with Crippen LogP contribution in [0.15, 0.2) is 60.8 Å². The third kappa shape index (κ3) is 32.8. The first kappa shape index (κ1) is 61.5. The van der Waals surface area contributed by atoms with Crippen molar-refractivity contribution in [1.82, 2.24) is 4.98 Å². The Labute approximate surface area is 435 Å². The van der Waals surface area contributed by atoms with Gasteiger partial charge in [0.15, 0.2) is 0 Å². The second-order valence-corrected chi connectivity index (χ2v) is 21.2. The summed E-state index contributed by atoms with van der Waals surface area (Å²) in [5, 5.41) is 10.9. The highest BCUT2D eigenvalue weighted by atomic mass is 19.1. The summed E-state index contributed by atoms with van der Waals surface area (Å²) in [7, 11) is 0. The van der Waals surface area contributed by atoms with Gasteiger partial charge in [0.1, 0.15) is 0 Å². The van der Waals surface area contributed by atoms with Crippen molar-refractivity contribution >= 4 is 35.7 Å². The van der Waals surface area contributed by atoms with Crippen LogP contribution < -0.4 is 4.90 Å². The lowest BCUT2D eigenvalue weighted by Gasteiger charge is -2.25. The fourth-order valence-corrected chi connectivity index (χ4v) is 10.0. The summed E-state index contributed by atoms with van der Waals surface area (Å²) in [4.78, 5) is 17.4. The summed E-state index contributed by atoms with van der Waals surface area (Å²) < 4.78 is 14.0. The fraction of sp³-hybridized carbons (Fsp3) is 0.677. The molecule has 0 bridgehead atoms. The quantitative estimate of drug-likeness (QED) is 0.0321. The number of hydrogen-bond donors (Lipinski definition) is 0. The van der Waals surface area contributed by atoms with Crippen LogP contribution in [0.3, 0.4) is 0 Å². The number of aromatic nitrogens is 1. The van der Waals surface area contributed by atoms with Crippen molar-refractivity contribution in [2.75, 3.05) is 18.0 Å². The van der Waals surface area contributed by atoms with Gasteiger partial charge in [-0.25, -0.2) is 0 Å². The second kappa shape index (κ2) is 43.8. The van der Waals surface area contributed by atoms with Crippen molar-refractivity contribution in [3.63, 3.8) is 0 Å². The molecule has 0 aliphatic carbocycles. The highest BCUT2D eigenvalue weighted by Gasteiger charge is 2.13. The average molecular weight is 979 g/mol. The van der Waals surface area contributed by atoms with Crippen LogP contribution in [0.2, 0.25) is 0 Å². The second-order valence-electron chi connectivity index (χ2n) is 21.2. The van der Waals surface area contributed by atoms with Crippen LogP contribution in [0.5, 0.6) is 0 Å². The van der Waals surface area contributed by atoms with Gasteiger partial charge >= 0.3 is 5.69 Å². The summed E-state index contributed by atoms with van der Waals surface area (Å²) in [5.41, 5.74) is 4.24. The van der Waals surface area contributed by atoms with Crippen LogP contribution in [-0.4, -0.2) is 23.0 Å². The van der Waals surface area contributed by atoms with E-state index in [1.165, 1.54) is 281 Å². The molecular weight excluding hydrogens is 874 g/mol. The molecule has 0 saturated heterocycles. The van der Waals surface area contributed by atoms with Gasteiger partial charge in [-0.05, 0) is 65.9 Å². The molecule has 71 heavy (non-hydrogen) atoms. The Morgan fingerprint density at radius 2 is 0.746 bits per heavy atom. The number of hydrogen-bond acceptors (Lipinski definition) is 4. The van der Waals surface area contributed by atoms with Crippen molar-refractivity contribution in [1.29, 1.82) is 0 Å². The Bertz CT molecular complexity index is 1710. The highest BCUT2D eigenvalue weighted by Crippen LogP contribution is 2.23. The van der Waals surface area contributed by atoms with Crippen LogP contribution in [0.4, 0.5) is 15.8 Å². The molecule has 1 aromatic heterocycles. The van der Waals surface area contributed by atoms with Crippen LogP contribution in [0.1, 0.15) is 293 Å². The Kier molecular flexibility index (Phi) is 37.9. The minimum atomic E-state index is -0.844. The minimum absolute atomic E-state index is 0.522. The number of nitro groups is 1. The first-order valence-corrected chi connectivity index (χ1v) is 30.1. The smallest absolute Gasteiger partial charge is 0.304 e. The maximum absolute atomic E-state index is 14.0. The molecule has 0 spiro atoms. The first-order chi connectivity index (χ1) is 35.0. The van der Waals surface area contributed by atoms with Gasteiger partial charge in [0.2, 0.25) is 5.82 Å². The standard InChI is InChI=1S/C65H104FN3O2/c1-3-5-7-9-11-13-15-17-19-21-23-25-27-29-31-33-35-37-39-41-55-68(56-42-40-38-36-34-32-30-28-26-24-22-20-18-16-14-12-10-8-6-4-2)63-52-47-59(48-53-63)43-44-61-46-51-62(67-58-61)50-45-60-49-54-65(69(70)71)64(66)57-60/h43-54,57-58H,3-42,55-56H2,1-2H3. The molecule has 0 aliphatic heterocycles. The summed E-state index contributed by atoms with van der Waals surface area (Å²) in [6.07, 6.45) is 66.1. The average Bonchev–Trinajstić information content (AvgIpc) is 3.38. The molecule has 0 amide bonds. The first-order valence-electron chi connectivity index (χ1n) is 30.1. The molecule has 3 rings (SSSR count). The van der Waals surface area contributed by atoms with Crippen LogP contribution in [0, 0.1) is 15.9 Å². The summed E-state index contributed by atoms with van der Waals surface area (Å²) in [5.74, 6) is -0.844. The van der Waals surface area contributed by atoms with E-state index in [9.17, 15) is 14.5 Å². The predicted octanol–water partition coefficient (Wildman–Crippen LogP) is 21.9. The van der Waals surface area contributed by atoms with Crippen molar-refractivity contribution < 1.29 is 9.31 Å². The summed E-state index contributed by atoms with van der Waals surface area (Å²) in [6, 6.07) is 16.9. The third-order valence-electron chi connectivity index (χ3n) is 14.7. The molecule has 0 fully saturated rings. The molecule has 1 heterocycles. The van der Waals surface area contributed by atoms with Crippen LogP contribution in [-0.2, 0) is 0 Å². The molecule has 0 radical (unpaired) electrons. The maximum atomic E-state index is 14.0. The largest absolute Gasteiger partial charge is 0.372 e. The van der Waals surface area contributed by atoms with Crippen molar-refractivity contribution in [2.24, 2.45) is 0 Å². The molecule has 0 N–H and O–H groups in total. The van der Waals surface area contributed by atoms with Crippen LogP contribution in [0.25, 0.3) is 24.3 Å². The molecule has 0 aliphatic rings. The van der Waals surface area contributed by atoms with E-state index < -0.39 is 16.4 Å². The molecule has 2 aromatic carbocycles. The zero-order valence-corrected chi connectivity index (χ0v) is 45.8. The number of pyridine rings is 1. The van der Waals surface area contributed by atoms with Gasteiger partial charge in [-0.3, -0.25) is 15.1 Å². The Hall–Kier alpha value is -3.80. The lowest BCUT2D eigenvalue weighted by atomic mass is 10.0. The maximum Gasteiger partial charge on any atom is 0.304 e. The lowest BCUT2D eigenvalue weighted by molar-refractivity contribution is -0.387. The van der Waals surface area contributed by atoms with Crippen LogP contribution >= 0.6 is 0 Å². The molecule has 3 aromatic rings. The zero-order valence-electron chi connectivity index (χ0n) is 45.8. The topological polar surface area (TPSA) is 59.3 Å². The van der Waals surface area contributed by atoms with E-state index in [0.29, 0.717) is 5.56 Å². The predicted molar refractivity (Wildman–Crippen MR) is 310 cm³/mol. The molecule has 6 heteroatoms. The summed E-state index contributed by atoms with van der Waals surface area (Å²) >= 11 is 0. The molecule has 5 nitrogen and oxygen atoms in total. The molecule has 0 saturated carbocycles. The molecular formula is C65H104FN3O2. The number of benzene rings is 2. The van der Waals surface area contributed by atoms with E-state index in [1.54, 1.807) is 12.2 Å². The van der Waals surface area contributed by atoms with Gasteiger partial charge < -0.3 is 4.90 Å². The number of halogens is 1. The van der Waals surface area contributed by atoms with E-state index >= 15 is 0 Å². The summed E-state index contributed by atoms with van der Waals surface area (Å²) in [6.45, 7) is 6.88. The Morgan fingerprint density at radius 1 is 0.423 bits per heavy atom. The number of rotatable bonds is 48. The fourth-order valence-electron chi connectivity index (χ4n) is 10.0. The van der Waals surface area contributed by atoms with Gasteiger partial charge in [-0.2, -0.15) is 4.39 Å². The number of nitro benzene ring substituents is 1. The van der Waals surface area contributed by atoms with Crippen molar-refractivity contribution in [3.8, 4) is 0 Å². The van der Waals surface area contributed by atoms with Crippen molar-refractivity contribution in [3.05, 3.63) is 99.1 Å². The number of anilines is 1. The van der Waals surface area contributed by atoms with Gasteiger partial charge in [-0.1, -0.05) is 294 Å². The van der Waals surface area contributed by atoms with E-state index in [-0.39, 0.29) is 0 Å². The van der Waals surface area contributed by atoms with Gasteiger partial charge in [0.25, 0.3) is 0 Å². The lowest BCUT2D eigenvalue weighted by Crippen LogP contribution is -2.25. The Balaban J connectivity index is 1.33. The zero-order chi connectivity index (χ0) is 50.5. The van der Waals surface area contributed by atoms with E-state index in [4.69, 9.17) is 0 Å². The molecule has 398 valence electrons.